The summed E-state index contributed by atoms with van der Waals surface area (Å²) in [5.41, 5.74) is 2.15. The van der Waals surface area contributed by atoms with Gasteiger partial charge in [0.05, 0.1) is 5.56 Å². The summed E-state index contributed by atoms with van der Waals surface area (Å²) in [6, 6.07) is 7.04. The molecule has 17 heavy (non-hydrogen) atoms. The van der Waals surface area contributed by atoms with Crippen molar-refractivity contribution in [1.82, 2.24) is 0 Å². The molecule has 2 rings (SSSR count). The minimum Gasteiger partial charge on any atom is -0.466 e. The van der Waals surface area contributed by atoms with Crippen LogP contribution in [0.1, 0.15) is 33.0 Å². The highest BCUT2D eigenvalue weighted by atomic mass is 35.5. The van der Waals surface area contributed by atoms with Crippen molar-refractivity contribution < 1.29 is 9.21 Å². The molecule has 0 bridgehead atoms. The lowest BCUT2D eigenvalue weighted by Gasteiger charge is -2.02. The van der Waals surface area contributed by atoms with Crippen LogP contribution >= 0.6 is 11.6 Å². The Kier molecular flexibility index (Phi) is 3.07. The van der Waals surface area contributed by atoms with Crippen molar-refractivity contribution >= 4 is 17.4 Å². The average Bonchev–Trinajstić information content (AvgIpc) is 2.61. The molecule has 0 aliphatic rings. The topological polar surface area (TPSA) is 30.2 Å². The van der Waals surface area contributed by atoms with Gasteiger partial charge in [-0.3, -0.25) is 4.79 Å². The zero-order valence-corrected chi connectivity index (χ0v) is 10.8. The van der Waals surface area contributed by atoms with E-state index in [1.165, 1.54) is 0 Å². The Morgan fingerprint density at radius 3 is 2.41 bits per heavy atom. The molecule has 0 aliphatic heterocycles. The molecular formula is C14H13ClO2. The SMILES string of the molecule is Cc1cc(C(=O)c2ccc(Cl)c(C)c2)c(C)o1. The van der Waals surface area contributed by atoms with Crippen molar-refractivity contribution in [2.75, 3.05) is 0 Å². The van der Waals surface area contributed by atoms with E-state index in [4.69, 9.17) is 16.0 Å². The fourth-order valence-corrected chi connectivity index (χ4v) is 1.92. The largest absolute Gasteiger partial charge is 0.466 e. The molecule has 2 nitrogen and oxygen atoms in total. The molecule has 0 unspecified atom stereocenters. The first-order valence-corrected chi connectivity index (χ1v) is 5.74. The molecule has 0 amide bonds. The van der Waals surface area contributed by atoms with Gasteiger partial charge in [-0.1, -0.05) is 11.6 Å². The van der Waals surface area contributed by atoms with E-state index in [0.717, 1.165) is 11.3 Å². The monoisotopic (exact) mass is 248 g/mol. The predicted octanol–water partition coefficient (Wildman–Crippen LogP) is 4.09. The lowest BCUT2D eigenvalue weighted by atomic mass is 10.0. The van der Waals surface area contributed by atoms with Crippen LogP contribution in [-0.4, -0.2) is 5.78 Å². The fraction of sp³-hybridized carbons (Fsp3) is 0.214. The van der Waals surface area contributed by atoms with Gasteiger partial charge in [0.15, 0.2) is 5.78 Å². The first-order chi connectivity index (χ1) is 7.99. The van der Waals surface area contributed by atoms with E-state index in [2.05, 4.69) is 0 Å². The summed E-state index contributed by atoms with van der Waals surface area (Å²) in [7, 11) is 0. The Bertz CT molecular complexity index is 582. The average molecular weight is 249 g/mol. The minimum atomic E-state index is -0.0286. The molecule has 0 N–H and O–H groups in total. The summed E-state index contributed by atoms with van der Waals surface area (Å²) < 4.78 is 5.36. The number of aryl methyl sites for hydroxylation is 3. The van der Waals surface area contributed by atoms with Crippen LogP contribution in [0.25, 0.3) is 0 Å². The van der Waals surface area contributed by atoms with E-state index in [0.29, 0.717) is 21.9 Å². The number of halogens is 1. The van der Waals surface area contributed by atoms with Crippen LogP contribution in [0, 0.1) is 20.8 Å². The number of hydrogen-bond donors (Lipinski definition) is 0. The molecule has 2 aromatic rings. The maximum absolute atomic E-state index is 12.2. The predicted molar refractivity (Wildman–Crippen MR) is 67.8 cm³/mol. The highest BCUT2D eigenvalue weighted by molar-refractivity contribution is 6.31. The number of rotatable bonds is 2. The van der Waals surface area contributed by atoms with Gasteiger partial charge in [-0.25, -0.2) is 0 Å². The van der Waals surface area contributed by atoms with Gasteiger partial charge in [0.1, 0.15) is 11.5 Å². The maximum Gasteiger partial charge on any atom is 0.196 e. The Balaban J connectivity index is 2.44. The van der Waals surface area contributed by atoms with E-state index in [-0.39, 0.29) is 5.78 Å². The van der Waals surface area contributed by atoms with Crippen molar-refractivity contribution in [2.45, 2.75) is 20.8 Å². The molecule has 1 aromatic heterocycles. The van der Waals surface area contributed by atoms with Crippen molar-refractivity contribution in [3.05, 3.63) is 57.5 Å². The zero-order valence-electron chi connectivity index (χ0n) is 10.0. The fourth-order valence-electron chi connectivity index (χ4n) is 1.80. The highest BCUT2D eigenvalue weighted by Gasteiger charge is 2.15. The second-order valence-corrected chi connectivity index (χ2v) is 4.53. The third-order valence-corrected chi connectivity index (χ3v) is 3.13. The van der Waals surface area contributed by atoms with Crippen molar-refractivity contribution in [3.63, 3.8) is 0 Å². The number of hydrogen-bond acceptors (Lipinski definition) is 2. The summed E-state index contributed by atoms with van der Waals surface area (Å²) in [6.45, 7) is 5.51. The van der Waals surface area contributed by atoms with Crippen LogP contribution in [0.3, 0.4) is 0 Å². The van der Waals surface area contributed by atoms with Crippen LogP contribution in [0.15, 0.2) is 28.7 Å². The van der Waals surface area contributed by atoms with Gasteiger partial charge >= 0.3 is 0 Å². The Morgan fingerprint density at radius 2 is 1.88 bits per heavy atom. The number of benzene rings is 1. The third-order valence-electron chi connectivity index (χ3n) is 2.71. The molecule has 3 heteroatoms. The molecule has 0 radical (unpaired) electrons. The van der Waals surface area contributed by atoms with E-state index >= 15 is 0 Å². The molecule has 0 fully saturated rings. The van der Waals surface area contributed by atoms with Crippen molar-refractivity contribution in [3.8, 4) is 0 Å². The molecule has 88 valence electrons. The number of ketones is 1. The number of carbonyl (C=O) groups is 1. The first-order valence-electron chi connectivity index (χ1n) is 5.37. The highest BCUT2D eigenvalue weighted by Crippen LogP contribution is 2.21. The van der Waals surface area contributed by atoms with Gasteiger partial charge in [0.25, 0.3) is 0 Å². The molecule has 0 atom stereocenters. The smallest absolute Gasteiger partial charge is 0.196 e. The molecule has 0 saturated carbocycles. The van der Waals surface area contributed by atoms with Gasteiger partial charge in [-0.2, -0.15) is 0 Å². The van der Waals surface area contributed by atoms with Gasteiger partial charge in [-0.15, -0.1) is 0 Å². The molecular weight excluding hydrogens is 236 g/mol. The summed E-state index contributed by atoms with van der Waals surface area (Å²) in [6.07, 6.45) is 0. The Morgan fingerprint density at radius 1 is 1.18 bits per heavy atom. The van der Waals surface area contributed by atoms with E-state index in [1.807, 2.05) is 13.8 Å². The van der Waals surface area contributed by atoms with Crippen LogP contribution in [-0.2, 0) is 0 Å². The second-order valence-electron chi connectivity index (χ2n) is 4.12. The zero-order chi connectivity index (χ0) is 12.6. The summed E-state index contributed by atoms with van der Waals surface area (Å²) in [5.74, 6) is 1.37. The van der Waals surface area contributed by atoms with E-state index in [9.17, 15) is 4.79 Å². The maximum atomic E-state index is 12.2. The van der Waals surface area contributed by atoms with Gasteiger partial charge in [-0.05, 0) is 50.6 Å². The molecule has 0 aliphatic carbocycles. The molecule has 1 aromatic carbocycles. The standard InChI is InChI=1S/C14H13ClO2/c1-8-6-11(4-5-13(8)15)14(16)12-7-9(2)17-10(12)3/h4-7H,1-3H3. The van der Waals surface area contributed by atoms with Crippen molar-refractivity contribution in [2.24, 2.45) is 0 Å². The second kappa shape index (κ2) is 4.38. The molecule has 0 saturated heterocycles. The number of furan rings is 1. The summed E-state index contributed by atoms with van der Waals surface area (Å²) in [4.78, 5) is 12.2. The quantitative estimate of drug-likeness (QED) is 0.750. The van der Waals surface area contributed by atoms with Gasteiger partial charge < -0.3 is 4.42 Å². The third kappa shape index (κ3) is 2.27. The molecule has 0 spiro atoms. The van der Waals surface area contributed by atoms with Crippen LogP contribution in [0.2, 0.25) is 5.02 Å². The van der Waals surface area contributed by atoms with E-state index in [1.54, 1.807) is 31.2 Å². The Labute approximate surface area is 105 Å². The first kappa shape index (κ1) is 11.9. The normalized spacial score (nSPS) is 10.6. The van der Waals surface area contributed by atoms with Crippen LogP contribution in [0.4, 0.5) is 0 Å². The lowest BCUT2D eigenvalue weighted by molar-refractivity contribution is 0.103. The van der Waals surface area contributed by atoms with Crippen LogP contribution < -0.4 is 0 Å². The number of carbonyl (C=O) groups excluding carboxylic acids is 1. The minimum absolute atomic E-state index is 0.0286. The Hall–Kier alpha value is -1.54. The van der Waals surface area contributed by atoms with E-state index < -0.39 is 0 Å². The summed E-state index contributed by atoms with van der Waals surface area (Å²) in [5, 5.41) is 0.668. The van der Waals surface area contributed by atoms with Crippen molar-refractivity contribution in [1.29, 1.82) is 0 Å². The summed E-state index contributed by atoms with van der Waals surface area (Å²) >= 11 is 5.94. The van der Waals surface area contributed by atoms with Crippen LogP contribution in [0.5, 0.6) is 0 Å². The lowest BCUT2D eigenvalue weighted by Crippen LogP contribution is -2.01. The molecule has 1 heterocycles. The van der Waals surface area contributed by atoms with Gasteiger partial charge in [0, 0.05) is 10.6 Å². The van der Waals surface area contributed by atoms with Gasteiger partial charge in [0.2, 0.25) is 0 Å².